The minimum Gasteiger partial charge on any atom is -0.280 e. The Kier molecular flexibility index (Phi) is 3.97. The van der Waals surface area contributed by atoms with Crippen molar-refractivity contribution in [3.8, 4) is 5.69 Å². The number of hydrogen-bond acceptors (Lipinski definition) is 5. The smallest absolute Gasteiger partial charge is 0.264 e. The van der Waals surface area contributed by atoms with Crippen LogP contribution in [0, 0.1) is 18.6 Å². The summed E-state index contributed by atoms with van der Waals surface area (Å²) < 4.78 is 55.0. The van der Waals surface area contributed by atoms with Gasteiger partial charge in [-0.15, -0.1) is 5.10 Å². The van der Waals surface area contributed by atoms with Gasteiger partial charge in [0.25, 0.3) is 10.0 Å². The molecule has 0 aliphatic heterocycles. The molecule has 2 aromatic carbocycles. The first-order valence-corrected chi connectivity index (χ1v) is 8.17. The van der Waals surface area contributed by atoms with Crippen LogP contribution in [-0.2, 0) is 10.0 Å². The Morgan fingerprint density at radius 3 is 2.58 bits per heavy atom. The highest BCUT2D eigenvalue weighted by molar-refractivity contribution is 7.92. The molecular weight excluding hydrogens is 340 g/mol. The minimum absolute atomic E-state index is 0.202. The molecule has 0 unspecified atom stereocenters. The fourth-order valence-electron chi connectivity index (χ4n) is 2.14. The molecule has 0 saturated heterocycles. The lowest BCUT2D eigenvalue weighted by atomic mass is 10.2. The molecule has 0 aliphatic carbocycles. The highest BCUT2D eigenvalue weighted by Crippen LogP contribution is 2.22. The second kappa shape index (κ2) is 5.96. The maximum atomic E-state index is 13.7. The summed E-state index contributed by atoms with van der Waals surface area (Å²) in [6.45, 7) is 1.73. The molecule has 0 aliphatic rings. The number of aryl methyl sites for hydroxylation is 1. The fourth-order valence-corrected chi connectivity index (χ4v) is 3.28. The van der Waals surface area contributed by atoms with Crippen LogP contribution in [0.4, 0.5) is 14.5 Å². The van der Waals surface area contributed by atoms with E-state index in [1.54, 1.807) is 13.0 Å². The van der Waals surface area contributed by atoms with E-state index in [0.29, 0.717) is 17.3 Å². The molecule has 7 nitrogen and oxygen atoms in total. The zero-order valence-corrected chi connectivity index (χ0v) is 13.1. The van der Waals surface area contributed by atoms with Gasteiger partial charge in [-0.25, -0.2) is 21.9 Å². The molecule has 3 aromatic rings. The Balaban J connectivity index is 1.93. The van der Waals surface area contributed by atoms with E-state index in [1.807, 2.05) is 0 Å². The molecule has 0 saturated carbocycles. The predicted molar refractivity (Wildman–Crippen MR) is 81.1 cm³/mol. The van der Waals surface area contributed by atoms with Crippen LogP contribution in [0.5, 0.6) is 0 Å². The summed E-state index contributed by atoms with van der Waals surface area (Å²) in [5, 5.41) is 10.8. The van der Waals surface area contributed by atoms with E-state index in [1.165, 1.54) is 23.1 Å². The highest BCUT2D eigenvalue weighted by atomic mass is 32.2. The van der Waals surface area contributed by atoms with E-state index < -0.39 is 26.6 Å². The second-order valence-corrected chi connectivity index (χ2v) is 6.59. The SMILES string of the molecule is Cc1cc(NS(=O)(=O)c2cc(F)ccc2F)ccc1-n1cnnn1. The van der Waals surface area contributed by atoms with Gasteiger partial charge in [-0.3, -0.25) is 4.72 Å². The van der Waals surface area contributed by atoms with Gasteiger partial charge in [0.1, 0.15) is 22.9 Å². The first-order valence-electron chi connectivity index (χ1n) is 6.69. The third-order valence-electron chi connectivity index (χ3n) is 3.23. The maximum Gasteiger partial charge on any atom is 0.264 e. The number of rotatable bonds is 4. The molecule has 0 atom stereocenters. The summed E-state index contributed by atoms with van der Waals surface area (Å²) >= 11 is 0. The monoisotopic (exact) mass is 351 g/mol. The first kappa shape index (κ1) is 16.0. The van der Waals surface area contributed by atoms with Crippen LogP contribution in [0.2, 0.25) is 0 Å². The van der Waals surface area contributed by atoms with Crippen LogP contribution in [0.3, 0.4) is 0 Å². The van der Waals surface area contributed by atoms with Crippen LogP contribution in [-0.4, -0.2) is 28.6 Å². The molecule has 10 heteroatoms. The van der Waals surface area contributed by atoms with Crippen LogP contribution in [0.1, 0.15) is 5.56 Å². The van der Waals surface area contributed by atoms with Crippen molar-refractivity contribution < 1.29 is 17.2 Å². The molecule has 0 amide bonds. The molecule has 124 valence electrons. The lowest BCUT2D eigenvalue weighted by molar-refractivity contribution is 0.555. The lowest BCUT2D eigenvalue weighted by Gasteiger charge is -2.11. The third-order valence-corrected chi connectivity index (χ3v) is 4.62. The lowest BCUT2D eigenvalue weighted by Crippen LogP contribution is -2.15. The number of anilines is 1. The number of hydrogen-bond donors (Lipinski definition) is 1. The van der Waals surface area contributed by atoms with Gasteiger partial charge in [0, 0.05) is 5.69 Å². The number of nitrogens with one attached hydrogen (secondary N) is 1. The summed E-state index contributed by atoms with van der Waals surface area (Å²) in [6, 6.07) is 6.84. The van der Waals surface area contributed by atoms with E-state index in [4.69, 9.17) is 0 Å². The van der Waals surface area contributed by atoms with Gasteiger partial charge in [0.2, 0.25) is 0 Å². The van der Waals surface area contributed by atoms with E-state index >= 15 is 0 Å². The Labute approximate surface area is 136 Å². The van der Waals surface area contributed by atoms with Crippen molar-refractivity contribution in [2.24, 2.45) is 0 Å². The Hall–Kier alpha value is -2.88. The normalized spacial score (nSPS) is 11.5. The molecule has 1 heterocycles. The van der Waals surface area contributed by atoms with Crippen molar-refractivity contribution in [1.29, 1.82) is 0 Å². The van der Waals surface area contributed by atoms with Crippen LogP contribution >= 0.6 is 0 Å². The third kappa shape index (κ3) is 3.08. The predicted octanol–water partition coefficient (Wildman–Crippen LogP) is 2.05. The molecule has 0 fully saturated rings. The van der Waals surface area contributed by atoms with E-state index in [0.717, 1.165) is 12.1 Å². The Bertz CT molecular complexity index is 990. The number of aromatic nitrogens is 4. The summed E-state index contributed by atoms with van der Waals surface area (Å²) in [6.07, 6.45) is 1.40. The van der Waals surface area contributed by atoms with Gasteiger partial charge in [0.15, 0.2) is 0 Å². The van der Waals surface area contributed by atoms with Crippen molar-refractivity contribution >= 4 is 15.7 Å². The first-order chi connectivity index (χ1) is 11.4. The minimum atomic E-state index is -4.26. The van der Waals surface area contributed by atoms with E-state index in [2.05, 4.69) is 20.2 Å². The van der Waals surface area contributed by atoms with Crippen molar-refractivity contribution in [3.63, 3.8) is 0 Å². The number of sulfonamides is 1. The maximum absolute atomic E-state index is 13.7. The summed E-state index contributed by atoms with van der Waals surface area (Å²) in [5.74, 6) is -1.88. The topological polar surface area (TPSA) is 89.8 Å². The molecule has 3 rings (SSSR count). The van der Waals surface area contributed by atoms with Crippen molar-refractivity contribution in [2.45, 2.75) is 11.8 Å². The molecular formula is C14H11F2N5O2S. The van der Waals surface area contributed by atoms with Gasteiger partial charge in [-0.2, -0.15) is 0 Å². The average Bonchev–Trinajstić information content (AvgIpc) is 3.03. The molecule has 0 spiro atoms. The largest absolute Gasteiger partial charge is 0.280 e. The van der Waals surface area contributed by atoms with Gasteiger partial charge in [-0.05, 0) is 59.3 Å². The van der Waals surface area contributed by atoms with Crippen molar-refractivity contribution in [2.75, 3.05) is 4.72 Å². The van der Waals surface area contributed by atoms with Gasteiger partial charge in [-0.1, -0.05) is 0 Å². The van der Waals surface area contributed by atoms with Gasteiger partial charge in [0.05, 0.1) is 5.69 Å². The number of halogens is 2. The Morgan fingerprint density at radius 2 is 1.92 bits per heavy atom. The second-order valence-electron chi connectivity index (χ2n) is 4.94. The van der Waals surface area contributed by atoms with E-state index in [-0.39, 0.29) is 5.69 Å². The van der Waals surface area contributed by atoms with Crippen molar-refractivity contribution in [3.05, 3.63) is 59.9 Å². The summed E-state index contributed by atoms with van der Waals surface area (Å²) in [7, 11) is -4.26. The standard InChI is InChI=1S/C14H11F2N5O2S/c1-9-6-11(3-5-13(9)21-8-17-19-20-21)18-24(22,23)14-7-10(15)2-4-12(14)16/h2-8,18H,1H3. The van der Waals surface area contributed by atoms with Gasteiger partial charge >= 0.3 is 0 Å². The summed E-state index contributed by atoms with van der Waals surface area (Å²) in [5.41, 5.74) is 1.54. The quantitative estimate of drug-likeness (QED) is 0.777. The number of benzene rings is 2. The molecule has 0 radical (unpaired) electrons. The highest BCUT2D eigenvalue weighted by Gasteiger charge is 2.20. The molecule has 0 bridgehead atoms. The summed E-state index contributed by atoms with van der Waals surface area (Å²) in [4.78, 5) is -0.760. The van der Waals surface area contributed by atoms with Crippen LogP contribution in [0.15, 0.2) is 47.6 Å². The molecule has 24 heavy (non-hydrogen) atoms. The molecule has 1 aromatic heterocycles. The molecule has 1 N–H and O–H groups in total. The average molecular weight is 351 g/mol. The van der Waals surface area contributed by atoms with Gasteiger partial charge < -0.3 is 0 Å². The van der Waals surface area contributed by atoms with Crippen LogP contribution < -0.4 is 4.72 Å². The zero-order chi connectivity index (χ0) is 17.3. The number of nitrogens with zero attached hydrogens (tertiary/aromatic N) is 4. The number of tetrazole rings is 1. The van der Waals surface area contributed by atoms with Crippen LogP contribution in [0.25, 0.3) is 5.69 Å². The Morgan fingerprint density at radius 1 is 1.12 bits per heavy atom. The zero-order valence-electron chi connectivity index (χ0n) is 12.3. The van der Waals surface area contributed by atoms with Crippen molar-refractivity contribution in [1.82, 2.24) is 20.2 Å². The van der Waals surface area contributed by atoms with E-state index in [9.17, 15) is 17.2 Å². The fraction of sp³-hybridized carbons (Fsp3) is 0.0714.